The molecule has 3 rings (SSSR count). The van der Waals surface area contributed by atoms with Crippen LogP contribution in [0.15, 0.2) is 65.7 Å². The first-order valence-electron chi connectivity index (χ1n) is 8.78. The number of para-hydroxylation sites is 2. The number of hydrogen-bond donors (Lipinski definition) is 2. The van der Waals surface area contributed by atoms with Crippen molar-refractivity contribution in [3.8, 4) is 0 Å². The van der Waals surface area contributed by atoms with E-state index in [4.69, 9.17) is 0 Å². The second kappa shape index (κ2) is 8.31. The number of rotatable bonds is 6. The lowest BCUT2D eigenvalue weighted by atomic mass is 10.1. The van der Waals surface area contributed by atoms with Crippen LogP contribution in [0.4, 0.5) is 11.4 Å². The molecule has 0 aliphatic heterocycles. The highest BCUT2D eigenvalue weighted by atomic mass is 16.1. The van der Waals surface area contributed by atoms with Gasteiger partial charge in [-0.2, -0.15) is 0 Å². The molecule has 0 radical (unpaired) electrons. The molecule has 6 nitrogen and oxygen atoms in total. The molecule has 138 valence electrons. The van der Waals surface area contributed by atoms with Crippen LogP contribution in [-0.4, -0.2) is 22.0 Å². The van der Waals surface area contributed by atoms with Crippen molar-refractivity contribution >= 4 is 17.3 Å². The van der Waals surface area contributed by atoms with Crippen LogP contribution < -0.4 is 16.2 Å². The zero-order chi connectivity index (χ0) is 19.2. The van der Waals surface area contributed by atoms with Crippen LogP contribution in [-0.2, 0) is 6.54 Å². The highest BCUT2D eigenvalue weighted by Crippen LogP contribution is 2.20. The van der Waals surface area contributed by atoms with E-state index in [1.165, 1.54) is 10.9 Å². The minimum atomic E-state index is -0.195. The lowest BCUT2D eigenvalue weighted by molar-refractivity contribution is 0.0953. The largest absolute Gasteiger partial charge is 0.355 e. The number of carbonyl (C=O) groups excluding carboxylic acids is 1. The number of anilines is 2. The molecule has 0 atom stereocenters. The standard InChI is InChI=1S/C21H22N4O2/c1-15-16(2)23-14-25(21(15)27)13-12-22-20(26)18-10-6-7-11-19(18)24-17-8-4-3-5-9-17/h3-11,14,24H,12-13H2,1-2H3,(H,22,26). The second-order valence-electron chi connectivity index (χ2n) is 6.25. The topological polar surface area (TPSA) is 76.0 Å². The lowest BCUT2D eigenvalue weighted by Crippen LogP contribution is -2.32. The average Bonchev–Trinajstić information content (AvgIpc) is 2.69. The second-order valence-corrected chi connectivity index (χ2v) is 6.25. The fraction of sp³-hybridized carbons (Fsp3) is 0.190. The van der Waals surface area contributed by atoms with Gasteiger partial charge in [0, 0.05) is 30.0 Å². The zero-order valence-electron chi connectivity index (χ0n) is 15.4. The van der Waals surface area contributed by atoms with Crippen molar-refractivity contribution in [2.24, 2.45) is 0 Å². The lowest BCUT2D eigenvalue weighted by Gasteiger charge is -2.13. The Morgan fingerprint density at radius 3 is 2.52 bits per heavy atom. The Hall–Kier alpha value is -3.41. The summed E-state index contributed by atoms with van der Waals surface area (Å²) in [5.74, 6) is -0.195. The van der Waals surface area contributed by atoms with Gasteiger partial charge in [-0.15, -0.1) is 0 Å². The molecule has 0 bridgehead atoms. The third-order valence-electron chi connectivity index (χ3n) is 4.38. The molecule has 1 aromatic heterocycles. The van der Waals surface area contributed by atoms with E-state index in [0.29, 0.717) is 24.2 Å². The number of aromatic nitrogens is 2. The van der Waals surface area contributed by atoms with Crippen LogP contribution in [0.2, 0.25) is 0 Å². The number of benzene rings is 2. The summed E-state index contributed by atoms with van der Waals surface area (Å²) >= 11 is 0. The predicted molar refractivity (Wildman–Crippen MR) is 106 cm³/mol. The van der Waals surface area contributed by atoms with Crippen molar-refractivity contribution in [3.05, 3.63) is 88.1 Å². The van der Waals surface area contributed by atoms with Gasteiger partial charge in [0.1, 0.15) is 0 Å². The first-order chi connectivity index (χ1) is 13.1. The van der Waals surface area contributed by atoms with E-state index < -0.39 is 0 Å². The summed E-state index contributed by atoms with van der Waals surface area (Å²) in [5.41, 5.74) is 3.45. The molecule has 27 heavy (non-hydrogen) atoms. The summed E-state index contributed by atoms with van der Waals surface area (Å²) in [6.45, 7) is 4.26. The number of carbonyl (C=O) groups is 1. The number of hydrogen-bond acceptors (Lipinski definition) is 4. The monoisotopic (exact) mass is 362 g/mol. The van der Waals surface area contributed by atoms with E-state index in [1.807, 2.05) is 48.5 Å². The van der Waals surface area contributed by atoms with Gasteiger partial charge >= 0.3 is 0 Å². The average molecular weight is 362 g/mol. The van der Waals surface area contributed by atoms with Gasteiger partial charge in [0.05, 0.1) is 17.6 Å². The SMILES string of the molecule is Cc1ncn(CCNC(=O)c2ccccc2Nc2ccccc2)c(=O)c1C. The number of nitrogens with one attached hydrogen (secondary N) is 2. The van der Waals surface area contributed by atoms with Crippen molar-refractivity contribution in [1.82, 2.24) is 14.9 Å². The third-order valence-corrected chi connectivity index (χ3v) is 4.38. The highest BCUT2D eigenvalue weighted by Gasteiger charge is 2.11. The van der Waals surface area contributed by atoms with Crippen molar-refractivity contribution in [3.63, 3.8) is 0 Å². The van der Waals surface area contributed by atoms with Crippen LogP contribution in [0, 0.1) is 13.8 Å². The Bertz CT molecular complexity index is 997. The van der Waals surface area contributed by atoms with E-state index in [9.17, 15) is 9.59 Å². The summed E-state index contributed by atoms with van der Waals surface area (Å²) in [7, 11) is 0. The molecule has 0 fully saturated rings. The Labute approximate surface area is 157 Å². The molecule has 6 heteroatoms. The fourth-order valence-electron chi connectivity index (χ4n) is 2.69. The van der Waals surface area contributed by atoms with E-state index in [0.717, 1.165) is 17.1 Å². The Kier molecular flexibility index (Phi) is 5.66. The summed E-state index contributed by atoms with van der Waals surface area (Å²) < 4.78 is 1.51. The quantitative estimate of drug-likeness (QED) is 0.707. The molecule has 3 aromatic rings. The molecular formula is C21H22N4O2. The van der Waals surface area contributed by atoms with E-state index in [-0.39, 0.29) is 11.5 Å². The summed E-state index contributed by atoms with van der Waals surface area (Å²) in [6.07, 6.45) is 1.52. The van der Waals surface area contributed by atoms with E-state index in [1.54, 1.807) is 19.9 Å². The molecule has 1 heterocycles. The highest BCUT2D eigenvalue weighted by molar-refractivity contribution is 6.00. The van der Waals surface area contributed by atoms with Crippen molar-refractivity contribution in [2.75, 3.05) is 11.9 Å². The molecule has 0 aliphatic carbocycles. The van der Waals surface area contributed by atoms with Crippen LogP contribution in [0.1, 0.15) is 21.6 Å². The van der Waals surface area contributed by atoms with E-state index in [2.05, 4.69) is 15.6 Å². The van der Waals surface area contributed by atoms with Gasteiger partial charge in [0.15, 0.2) is 0 Å². The maximum Gasteiger partial charge on any atom is 0.256 e. The molecule has 0 unspecified atom stereocenters. The smallest absolute Gasteiger partial charge is 0.256 e. The first-order valence-corrected chi connectivity index (χ1v) is 8.78. The van der Waals surface area contributed by atoms with Gasteiger partial charge in [0.25, 0.3) is 11.5 Å². The fourth-order valence-corrected chi connectivity index (χ4v) is 2.69. The molecule has 0 aliphatic rings. The van der Waals surface area contributed by atoms with Crippen LogP contribution in [0.25, 0.3) is 0 Å². The predicted octanol–water partition coefficient (Wildman–Crippen LogP) is 3.03. The molecule has 0 saturated heterocycles. The molecule has 2 aromatic carbocycles. The minimum absolute atomic E-state index is 0.0807. The minimum Gasteiger partial charge on any atom is -0.355 e. The van der Waals surface area contributed by atoms with Crippen molar-refractivity contribution in [2.45, 2.75) is 20.4 Å². The van der Waals surface area contributed by atoms with Crippen molar-refractivity contribution in [1.29, 1.82) is 0 Å². The normalized spacial score (nSPS) is 10.4. The summed E-state index contributed by atoms with van der Waals surface area (Å²) in [5, 5.41) is 6.13. The molecule has 1 amide bonds. The number of nitrogens with zero attached hydrogens (tertiary/aromatic N) is 2. The van der Waals surface area contributed by atoms with Gasteiger partial charge in [0.2, 0.25) is 0 Å². The zero-order valence-corrected chi connectivity index (χ0v) is 15.4. The van der Waals surface area contributed by atoms with Crippen LogP contribution in [0.5, 0.6) is 0 Å². The van der Waals surface area contributed by atoms with Crippen molar-refractivity contribution < 1.29 is 4.79 Å². The van der Waals surface area contributed by atoms with Gasteiger partial charge in [-0.3, -0.25) is 14.2 Å². The first kappa shape index (κ1) is 18.4. The van der Waals surface area contributed by atoms with Gasteiger partial charge in [-0.05, 0) is 38.1 Å². The molecule has 2 N–H and O–H groups in total. The van der Waals surface area contributed by atoms with Crippen LogP contribution in [0.3, 0.4) is 0 Å². The Morgan fingerprint density at radius 1 is 1.04 bits per heavy atom. The van der Waals surface area contributed by atoms with Gasteiger partial charge in [-0.1, -0.05) is 30.3 Å². The Morgan fingerprint density at radius 2 is 1.74 bits per heavy atom. The number of amides is 1. The molecular weight excluding hydrogens is 340 g/mol. The molecule has 0 spiro atoms. The van der Waals surface area contributed by atoms with Gasteiger partial charge < -0.3 is 10.6 Å². The Balaban J connectivity index is 1.67. The third kappa shape index (κ3) is 4.41. The van der Waals surface area contributed by atoms with E-state index >= 15 is 0 Å². The van der Waals surface area contributed by atoms with Gasteiger partial charge in [-0.25, -0.2) is 4.98 Å². The summed E-state index contributed by atoms with van der Waals surface area (Å²) in [4.78, 5) is 29.0. The number of aryl methyl sites for hydroxylation is 1. The molecule has 0 saturated carbocycles. The maximum absolute atomic E-state index is 12.6. The van der Waals surface area contributed by atoms with Crippen LogP contribution >= 0.6 is 0 Å². The summed E-state index contributed by atoms with van der Waals surface area (Å²) in [6, 6.07) is 17.0. The maximum atomic E-state index is 12.6.